The zero-order valence-electron chi connectivity index (χ0n) is 17.8. The van der Waals surface area contributed by atoms with Crippen LogP contribution < -0.4 is 9.47 Å². The molecule has 2 aliphatic heterocycles. The van der Waals surface area contributed by atoms with Gasteiger partial charge in [-0.2, -0.15) is 4.31 Å². The van der Waals surface area contributed by atoms with Crippen molar-refractivity contribution in [1.82, 2.24) is 4.31 Å². The maximum Gasteiger partial charge on any atom is 0.338 e. The number of Topliss-reactive ketones (excluding diaryl/α,β-unsaturated/α-hetero) is 1. The van der Waals surface area contributed by atoms with E-state index in [1.165, 1.54) is 16.4 Å². The van der Waals surface area contributed by atoms with Gasteiger partial charge < -0.3 is 14.2 Å². The minimum atomic E-state index is -3.70. The van der Waals surface area contributed by atoms with Gasteiger partial charge in [0.2, 0.25) is 10.0 Å². The summed E-state index contributed by atoms with van der Waals surface area (Å²) in [5.74, 6) is -0.124. The number of aryl methyl sites for hydroxylation is 1. The maximum absolute atomic E-state index is 13.0. The van der Waals surface area contributed by atoms with E-state index in [1.807, 2.05) is 0 Å². The number of carbonyl (C=O) groups excluding carboxylic acids is 2. The zero-order valence-corrected chi connectivity index (χ0v) is 18.7. The molecule has 170 valence electrons. The number of hydrogen-bond acceptors (Lipinski definition) is 7. The number of piperidine rings is 1. The highest BCUT2D eigenvalue weighted by atomic mass is 32.2. The first-order valence-electron chi connectivity index (χ1n) is 10.6. The van der Waals surface area contributed by atoms with Gasteiger partial charge >= 0.3 is 5.97 Å². The second kappa shape index (κ2) is 9.30. The summed E-state index contributed by atoms with van der Waals surface area (Å²) in [7, 11) is -3.70. The normalized spacial score (nSPS) is 16.4. The van der Waals surface area contributed by atoms with Crippen molar-refractivity contribution < 1.29 is 32.2 Å². The van der Waals surface area contributed by atoms with Crippen molar-refractivity contribution in [2.24, 2.45) is 0 Å². The van der Waals surface area contributed by atoms with Crippen molar-refractivity contribution in [3.05, 3.63) is 53.1 Å². The van der Waals surface area contributed by atoms with E-state index in [0.29, 0.717) is 48.9 Å². The number of fused-ring (bicyclic) bond motifs is 1. The lowest BCUT2D eigenvalue weighted by Gasteiger charge is -2.26. The zero-order chi connectivity index (χ0) is 22.7. The molecule has 0 aliphatic carbocycles. The Bertz CT molecular complexity index is 1140. The van der Waals surface area contributed by atoms with Crippen molar-refractivity contribution in [2.45, 2.75) is 31.1 Å². The minimum Gasteiger partial charge on any atom is -0.486 e. The summed E-state index contributed by atoms with van der Waals surface area (Å²) in [6.07, 6.45) is 2.65. The molecular weight excluding hydrogens is 434 g/mol. The first-order valence-corrected chi connectivity index (χ1v) is 12.0. The lowest BCUT2D eigenvalue weighted by atomic mass is 10.1. The van der Waals surface area contributed by atoms with Gasteiger partial charge in [-0.3, -0.25) is 4.79 Å². The molecule has 4 rings (SSSR count). The standard InChI is InChI=1S/C23H25NO7S/c1-16-5-6-18(14-22(16)32(27,28)24-9-3-2-4-10-24)23(26)31-15-19(25)17-7-8-20-21(13-17)30-12-11-29-20/h5-8,13-14H,2-4,9-12,15H2,1H3. The highest BCUT2D eigenvalue weighted by molar-refractivity contribution is 7.89. The predicted molar refractivity (Wildman–Crippen MR) is 116 cm³/mol. The molecule has 1 fully saturated rings. The third-order valence-electron chi connectivity index (χ3n) is 5.56. The highest BCUT2D eigenvalue weighted by Crippen LogP contribution is 2.31. The van der Waals surface area contributed by atoms with Crippen LogP contribution in [0.1, 0.15) is 45.5 Å². The fourth-order valence-electron chi connectivity index (χ4n) is 3.76. The molecule has 0 amide bonds. The Morgan fingerprint density at radius 1 is 0.938 bits per heavy atom. The summed E-state index contributed by atoms with van der Waals surface area (Å²) in [6, 6.07) is 9.19. The van der Waals surface area contributed by atoms with Gasteiger partial charge in [0.15, 0.2) is 23.9 Å². The number of hydrogen-bond donors (Lipinski definition) is 0. The lowest BCUT2D eigenvalue weighted by molar-refractivity contribution is 0.0474. The van der Waals surface area contributed by atoms with Gasteiger partial charge in [0.25, 0.3) is 0 Å². The Balaban J connectivity index is 1.45. The second-order valence-corrected chi connectivity index (χ2v) is 9.71. The summed E-state index contributed by atoms with van der Waals surface area (Å²) in [4.78, 5) is 25.1. The third kappa shape index (κ3) is 4.63. The molecule has 32 heavy (non-hydrogen) atoms. The number of rotatable bonds is 6. The minimum absolute atomic E-state index is 0.0844. The number of sulfonamides is 1. The lowest BCUT2D eigenvalue weighted by Crippen LogP contribution is -2.36. The molecule has 8 nitrogen and oxygen atoms in total. The predicted octanol–water partition coefficient (Wildman–Crippen LogP) is 2.98. The topological polar surface area (TPSA) is 99.2 Å². The van der Waals surface area contributed by atoms with Crippen LogP contribution in [0.5, 0.6) is 11.5 Å². The first kappa shape index (κ1) is 22.3. The molecule has 0 bridgehead atoms. The summed E-state index contributed by atoms with van der Waals surface area (Å²) in [6.45, 7) is 3.01. The van der Waals surface area contributed by atoms with E-state index in [0.717, 1.165) is 19.3 Å². The van der Waals surface area contributed by atoms with E-state index in [1.54, 1.807) is 31.2 Å². The molecular formula is C23H25NO7S. The highest BCUT2D eigenvalue weighted by Gasteiger charge is 2.28. The molecule has 2 aliphatic rings. The number of ketones is 1. The van der Waals surface area contributed by atoms with Crippen LogP contribution >= 0.6 is 0 Å². The van der Waals surface area contributed by atoms with Crippen molar-refractivity contribution in [2.75, 3.05) is 32.9 Å². The average Bonchev–Trinajstić information content (AvgIpc) is 2.82. The fraction of sp³-hybridized carbons (Fsp3) is 0.391. The molecule has 0 radical (unpaired) electrons. The van der Waals surface area contributed by atoms with Crippen LogP contribution in [0.2, 0.25) is 0 Å². The molecule has 9 heteroatoms. The largest absolute Gasteiger partial charge is 0.486 e. The number of ether oxygens (including phenoxy) is 3. The van der Waals surface area contributed by atoms with Gasteiger partial charge in [-0.1, -0.05) is 12.5 Å². The quantitative estimate of drug-likeness (QED) is 0.484. The van der Waals surface area contributed by atoms with Crippen LogP contribution in [0.25, 0.3) is 0 Å². The van der Waals surface area contributed by atoms with E-state index < -0.39 is 28.4 Å². The number of benzene rings is 2. The van der Waals surface area contributed by atoms with Gasteiger partial charge in [-0.25, -0.2) is 13.2 Å². The molecule has 0 unspecified atom stereocenters. The van der Waals surface area contributed by atoms with E-state index in [9.17, 15) is 18.0 Å². The Morgan fingerprint density at radius 2 is 1.62 bits per heavy atom. The van der Waals surface area contributed by atoms with Gasteiger partial charge in [0.1, 0.15) is 13.2 Å². The van der Waals surface area contributed by atoms with Crippen LogP contribution in [0.15, 0.2) is 41.3 Å². The van der Waals surface area contributed by atoms with Crippen LogP contribution in [-0.4, -0.2) is 57.4 Å². The first-order chi connectivity index (χ1) is 15.4. The van der Waals surface area contributed by atoms with E-state index in [4.69, 9.17) is 14.2 Å². The van der Waals surface area contributed by atoms with Crippen molar-refractivity contribution in [3.63, 3.8) is 0 Å². The van der Waals surface area contributed by atoms with Gasteiger partial charge in [0.05, 0.1) is 10.5 Å². The molecule has 2 aromatic rings. The van der Waals surface area contributed by atoms with Gasteiger partial charge in [0, 0.05) is 18.7 Å². The van der Waals surface area contributed by atoms with Crippen LogP contribution in [-0.2, 0) is 14.8 Å². The monoisotopic (exact) mass is 459 g/mol. The maximum atomic E-state index is 13.0. The second-order valence-electron chi connectivity index (χ2n) is 7.80. The molecule has 2 aromatic carbocycles. The Kier molecular flexibility index (Phi) is 6.48. The Labute approximate surface area is 187 Å². The van der Waals surface area contributed by atoms with E-state index in [2.05, 4.69) is 0 Å². The smallest absolute Gasteiger partial charge is 0.338 e. The summed E-state index contributed by atoms with van der Waals surface area (Å²) in [5, 5.41) is 0. The number of nitrogens with zero attached hydrogens (tertiary/aromatic N) is 1. The average molecular weight is 460 g/mol. The number of carbonyl (C=O) groups is 2. The molecule has 1 saturated heterocycles. The van der Waals surface area contributed by atoms with Crippen molar-refractivity contribution >= 4 is 21.8 Å². The fourth-order valence-corrected chi connectivity index (χ4v) is 5.53. The van der Waals surface area contributed by atoms with Crippen LogP contribution in [0.4, 0.5) is 0 Å². The molecule has 0 atom stereocenters. The summed E-state index contributed by atoms with van der Waals surface area (Å²) >= 11 is 0. The molecule has 0 N–H and O–H groups in total. The van der Waals surface area contributed by atoms with E-state index in [-0.39, 0.29) is 10.5 Å². The van der Waals surface area contributed by atoms with Crippen molar-refractivity contribution in [1.29, 1.82) is 0 Å². The summed E-state index contributed by atoms with van der Waals surface area (Å²) in [5.41, 5.74) is 0.972. The third-order valence-corrected chi connectivity index (χ3v) is 7.60. The van der Waals surface area contributed by atoms with Crippen molar-refractivity contribution in [3.8, 4) is 11.5 Å². The molecule has 0 aromatic heterocycles. The number of esters is 1. The molecule has 2 heterocycles. The Hall–Kier alpha value is -2.91. The van der Waals surface area contributed by atoms with Crippen LogP contribution in [0.3, 0.4) is 0 Å². The van der Waals surface area contributed by atoms with E-state index >= 15 is 0 Å². The van der Waals surface area contributed by atoms with Gasteiger partial charge in [-0.05, 0) is 55.7 Å². The molecule has 0 spiro atoms. The molecule has 0 saturated carbocycles. The SMILES string of the molecule is Cc1ccc(C(=O)OCC(=O)c2ccc3c(c2)OCCO3)cc1S(=O)(=O)N1CCCCC1. The summed E-state index contributed by atoms with van der Waals surface area (Å²) < 4.78 is 43.6. The Morgan fingerprint density at radius 3 is 2.38 bits per heavy atom. The van der Waals surface area contributed by atoms with Gasteiger partial charge in [-0.15, -0.1) is 0 Å². The van der Waals surface area contributed by atoms with Crippen LogP contribution in [0, 0.1) is 6.92 Å².